The Morgan fingerprint density at radius 2 is 2.12 bits per heavy atom. The number of fused-ring (bicyclic) bond motifs is 3. The molecular formula is C20H19ClN2O2. The molecule has 1 aliphatic heterocycles. The zero-order valence-corrected chi connectivity index (χ0v) is 14.8. The summed E-state index contributed by atoms with van der Waals surface area (Å²) < 4.78 is 5.71. The molecule has 5 heteroatoms. The average Bonchev–Trinajstić information content (AvgIpc) is 2.98. The predicted molar refractivity (Wildman–Crippen MR) is 99.1 cm³/mol. The second-order valence-corrected chi connectivity index (χ2v) is 6.83. The molecular weight excluding hydrogens is 336 g/mol. The van der Waals surface area contributed by atoms with E-state index in [1.165, 1.54) is 16.6 Å². The van der Waals surface area contributed by atoms with Crippen LogP contribution in [0.15, 0.2) is 42.5 Å². The van der Waals surface area contributed by atoms with Crippen LogP contribution in [0.2, 0.25) is 5.02 Å². The number of ether oxygens (including phenoxy) is 1. The lowest BCUT2D eigenvalue weighted by Crippen LogP contribution is -2.38. The van der Waals surface area contributed by atoms with E-state index in [9.17, 15) is 4.79 Å². The Labute approximate surface area is 151 Å². The molecule has 0 unspecified atom stereocenters. The first-order chi connectivity index (χ1) is 12.1. The number of hydrogen-bond acceptors (Lipinski definition) is 2. The first-order valence-electron chi connectivity index (χ1n) is 8.37. The van der Waals surface area contributed by atoms with E-state index in [2.05, 4.69) is 17.1 Å². The highest BCUT2D eigenvalue weighted by Gasteiger charge is 2.24. The van der Waals surface area contributed by atoms with E-state index >= 15 is 0 Å². The molecule has 2 aromatic carbocycles. The number of benzene rings is 2. The molecule has 0 radical (unpaired) electrons. The molecule has 0 bridgehead atoms. The zero-order chi connectivity index (χ0) is 17.4. The largest absolute Gasteiger partial charge is 0.483 e. The molecule has 3 aromatic rings. The lowest BCUT2D eigenvalue weighted by Gasteiger charge is -2.27. The van der Waals surface area contributed by atoms with E-state index in [1.807, 2.05) is 30.0 Å². The fraction of sp³-hybridized carbons (Fsp3) is 0.250. The lowest BCUT2D eigenvalue weighted by atomic mass is 10.0. The van der Waals surface area contributed by atoms with Crippen LogP contribution in [-0.4, -0.2) is 28.9 Å². The third-order valence-electron chi connectivity index (χ3n) is 4.72. The maximum atomic E-state index is 12.6. The van der Waals surface area contributed by atoms with E-state index in [4.69, 9.17) is 16.3 Å². The van der Waals surface area contributed by atoms with Gasteiger partial charge in [0.25, 0.3) is 5.91 Å². The summed E-state index contributed by atoms with van der Waals surface area (Å²) in [6, 6.07) is 13.6. The normalized spacial score (nSPS) is 13.8. The Kier molecular flexibility index (Phi) is 4.14. The van der Waals surface area contributed by atoms with E-state index in [0.29, 0.717) is 23.9 Å². The number of hydrogen-bond donors (Lipinski definition) is 1. The summed E-state index contributed by atoms with van der Waals surface area (Å²) in [6.07, 6.45) is 0.843. The van der Waals surface area contributed by atoms with Gasteiger partial charge in [-0.1, -0.05) is 29.8 Å². The zero-order valence-electron chi connectivity index (χ0n) is 14.0. The van der Waals surface area contributed by atoms with Crippen LogP contribution in [0.5, 0.6) is 5.75 Å². The number of aromatic amines is 1. The highest BCUT2D eigenvalue weighted by atomic mass is 35.5. The van der Waals surface area contributed by atoms with Gasteiger partial charge in [-0.3, -0.25) is 4.79 Å². The number of aryl methyl sites for hydroxylation is 1. The molecule has 0 saturated carbocycles. The molecule has 25 heavy (non-hydrogen) atoms. The maximum absolute atomic E-state index is 12.6. The molecule has 0 fully saturated rings. The van der Waals surface area contributed by atoms with E-state index in [-0.39, 0.29) is 12.5 Å². The van der Waals surface area contributed by atoms with Crippen molar-refractivity contribution in [2.75, 3.05) is 13.2 Å². The third-order valence-corrected chi connectivity index (χ3v) is 4.96. The summed E-state index contributed by atoms with van der Waals surface area (Å²) in [5.41, 5.74) is 4.52. The SMILES string of the molecule is Cc1cc(Cl)ccc1OCC(=O)N1CCc2[nH]c3ccccc3c2C1. The summed E-state index contributed by atoms with van der Waals surface area (Å²) in [5, 5.41) is 1.86. The number of carbonyl (C=O) groups is 1. The summed E-state index contributed by atoms with van der Waals surface area (Å²) in [4.78, 5) is 17.9. The highest BCUT2D eigenvalue weighted by Crippen LogP contribution is 2.28. The van der Waals surface area contributed by atoms with Crippen molar-refractivity contribution in [3.05, 3.63) is 64.3 Å². The fourth-order valence-corrected chi connectivity index (χ4v) is 3.61. The van der Waals surface area contributed by atoms with Crippen molar-refractivity contribution in [1.82, 2.24) is 9.88 Å². The van der Waals surface area contributed by atoms with Crippen LogP contribution >= 0.6 is 11.6 Å². The van der Waals surface area contributed by atoms with Gasteiger partial charge in [-0.2, -0.15) is 0 Å². The van der Waals surface area contributed by atoms with Crippen molar-refractivity contribution in [2.45, 2.75) is 19.9 Å². The number of halogens is 1. The summed E-state index contributed by atoms with van der Waals surface area (Å²) >= 11 is 5.95. The fourth-order valence-electron chi connectivity index (χ4n) is 3.38. The lowest BCUT2D eigenvalue weighted by molar-refractivity contribution is -0.134. The van der Waals surface area contributed by atoms with Gasteiger partial charge in [0.2, 0.25) is 0 Å². The predicted octanol–water partition coefficient (Wildman–Crippen LogP) is 4.09. The molecule has 1 N–H and O–H groups in total. The van der Waals surface area contributed by atoms with Crippen molar-refractivity contribution in [2.24, 2.45) is 0 Å². The van der Waals surface area contributed by atoms with Crippen LogP contribution in [-0.2, 0) is 17.8 Å². The van der Waals surface area contributed by atoms with E-state index in [0.717, 1.165) is 17.5 Å². The number of nitrogens with one attached hydrogen (secondary N) is 1. The second-order valence-electron chi connectivity index (χ2n) is 6.39. The number of carbonyl (C=O) groups excluding carboxylic acids is 1. The third kappa shape index (κ3) is 3.10. The Morgan fingerprint density at radius 3 is 2.96 bits per heavy atom. The van der Waals surface area contributed by atoms with Gasteiger partial charge in [0.05, 0.1) is 0 Å². The minimum atomic E-state index is 0.00489. The Balaban J connectivity index is 1.46. The van der Waals surface area contributed by atoms with Gasteiger partial charge in [0, 0.05) is 46.7 Å². The first kappa shape index (κ1) is 16.0. The molecule has 1 aliphatic rings. The number of nitrogens with zero attached hydrogens (tertiary/aromatic N) is 1. The minimum Gasteiger partial charge on any atom is -0.483 e. The van der Waals surface area contributed by atoms with E-state index in [1.54, 1.807) is 12.1 Å². The molecule has 2 heterocycles. The van der Waals surface area contributed by atoms with Crippen LogP contribution < -0.4 is 4.74 Å². The van der Waals surface area contributed by atoms with Crippen LogP contribution in [0.4, 0.5) is 0 Å². The monoisotopic (exact) mass is 354 g/mol. The molecule has 1 amide bonds. The van der Waals surface area contributed by atoms with Gasteiger partial charge in [-0.05, 0) is 36.8 Å². The smallest absolute Gasteiger partial charge is 0.260 e. The Hall–Kier alpha value is -2.46. The van der Waals surface area contributed by atoms with Crippen LogP contribution in [0, 0.1) is 6.92 Å². The number of rotatable bonds is 3. The van der Waals surface area contributed by atoms with Crippen molar-refractivity contribution in [3.8, 4) is 5.75 Å². The van der Waals surface area contributed by atoms with Crippen LogP contribution in [0.3, 0.4) is 0 Å². The van der Waals surface area contributed by atoms with Crippen LogP contribution in [0.1, 0.15) is 16.8 Å². The van der Waals surface area contributed by atoms with E-state index < -0.39 is 0 Å². The number of aromatic nitrogens is 1. The molecule has 128 valence electrons. The number of para-hydroxylation sites is 1. The van der Waals surface area contributed by atoms with Gasteiger partial charge in [0.1, 0.15) is 5.75 Å². The number of amides is 1. The standard InChI is InChI=1S/C20H19ClN2O2/c1-13-10-14(21)6-7-19(13)25-12-20(24)23-9-8-18-16(11-23)15-4-2-3-5-17(15)22-18/h2-7,10,22H,8-9,11-12H2,1H3. The molecule has 0 atom stereocenters. The van der Waals surface area contributed by atoms with Crippen LogP contribution in [0.25, 0.3) is 10.9 Å². The molecule has 4 nitrogen and oxygen atoms in total. The van der Waals surface area contributed by atoms with Gasteiger partial charge < -0.3 is 14.6 Å². The average molecular weight is 355 g/mol. The summed E-state index contributed by atoms with van der Waals surface area (Å²) in [7, 11) is 0. The highest BCUT2D eigenvalue weighted by molar-refractivity contribution is 6.30. The number of H-pyrrole nitrogens is 1. The Bertz CT molecular complexity index is 948. The van der Waals surface area contributed by atoms with Crippen molar-refractivity contribution < 1.29 is 9.53 Å². The molecule has 0 saturated heterocycles. The maximum Gasteiger partial charge on any atom is 0.260 e. The van der Waals surface area contributed by atoms with Gasteiger partial charge in [-0.15, -0.1) is 0 Å². The first-order valence-corrected chi connectivity index (χ1v) is 8.75. The second kappa shape index (κ2) is 6.45. The van der Waals surface area contributed by atoms with Gasteiger partial charge in [-0.25, -0.2) is 0 Å². The van der Waals surface area contributed by atoms with Crippen molar-refractivity contribution in [1.29, 1.82) is 0 Å². The molecule has 0 spiro atoms. The van der Waals surface area contributed by atoms with Gasteiger partial charge in [0.15, 0.2) is 6.61 Å². The summed E-state index contributed by atoms with van der Waals surface area (Å²) in [6.45, 7) is 3.30. The molecule has 0 aliphatic carbocycles. The van der Waals surface area contributed by atoms with Crippen molar-refractivity contribution in [3.63, 3.8) is 0 Å². The van der Waals surface area contributed by atoms with Gasteiger partial charge >= 0.3 is 0 Å². The Morgan fingerprint density at radius 1 is 1.28 bits per heavy atom. The topological polar surface area (TPSA) is 45.3 Å². The summed E-state index contributed by atoms with van der Waals surface area (Å²) in [5.74, 6) is 0.702. The molecule has 4 rings (SSSR count). The van der Waals surface area contributed by atoms with Crippen molar-refractivity contribution >= 4 is 28.4 Å². The quantitative estimate of drug-likeness (QED) is 0.769. The molecule has 1 aromatic heterocycles. The minimum absolute atomic E-state index is 0.00489.